The number of nitrogens with zero attached hydrogens (tertiary/aromatic N) is 1. The number of halogens is 1. The molecule has 1 aliphatic heterocycles. The van der Waals surface area contributed by atoms with Crippen LogP contribution in [0, 0.1) is 5.82 Å². The van der Waals surface area contributed by atoms with Crippen molar-refractivity contribution in [3.05, 3.63) is 35.6 Å². The van der Waals surface area contributed by atoms with Gasteiger partial charge >= 0.3 is 0 Å². The van der Waals surface area contributed by atoms with Gasteiger partial charge in [-0.1, -0.05) is 12.1 Å². The highest BCUT2D eigenvalue weighted by Crippen LogP contribution is 2.34. The molecule has 1 aromatic rings. The maximum Gasteiger partial charge on any atom is 0.219 e. The van der Waals surface area contributed by atoms with E-state index in [9.17, 15) is 14.0 Å². The molecular weight excluding hydrogens is 313 g/mol. The molecule has 0 aromatic heterocycles. The molecule has 1 aromatic carbocycles. The summed E-state index contributed by atoms with van der Waals surface area (Å²) in [7, 11) is -2.03. The number of benzene rings is 1. The molecule has 4 nitrogen and oxygen atoms in total. The van der Waals surface area contributed by atoms with Crippen molar-refractivity contribution in [3.63, 3.8) is 0 Å². The molecule has 1 amide bonds. The van der Waals surface area contributed by atoms with Crippen molar-refractivity contribution in [1.82, 2.24) is 4.90 Å². The lowest BCUT2D eigenvalue weighted by atomic mass is 9.84. The number of carbonyl (C=O) groups is 2. The first kappa shape index (κ1) is 17.8. The summed E-state index contributed by atoms with van der Waals surface area (Å²) < 4.78 is 20.3. The van der Waals surface area contributed by atoms with Crippen molar-refractivity contribution >= 4 is 20.0 Å². The SMILES string of the molecule is CC(=O)N1CCC(O[Si](C)(C)C)(C(=O)c2ccccc2F)CC1. The first-order chi connectivity index (χ1) is 10.6. The maximum atomic E-state index is 14.1. The molecule has 0 radical (unpaired) electrons. The van der Waals surface area contributed by atoms with Gasteiger partial charge in [-0.25, -0.2) is 4.39 Å². The van der Waals surface area contributed by atoms with Gasteiger partial charge in [-0.05, 0) is 31.8 Å². The molecular formula is C17H24FNO3Si. The highest BCUT2D eigenvalue weighted by atomic mass is 28.4. The minimum atomic E-state index is -2.03. The number of rotatable bonds is 4. The van der Waals surface area contributed by atoms with Gasteiger partial charge < -0.3 is 9.33 Å². The van der Waals surface area contributed by atoms with Crippen LogP contribution in [0.2, 0.25) is 19.6 Å². The van der Waals surface area contributed by atoms with E-state index in [4.69, 9.17) is 4.43 Å². The fourth-order valence-electron chi connectivity index (χ4n) is 3.04. The topological polar surface area (TPSA) is 46.6 Å². The van der Waals surface area contributed by atoms with Crippen molar-refractivity contribution in [2.45, 2.75) is 45.0 Å². The molecule has 2 rings (SSSR count). The first-order valence-corrected chi connectivity index (χ1v) is 11.3. The van der Waals surface area contributed by atoms with E-state index in [0.29, 0.717) is 25.9 Å². The van der Waals surface area contributed by atoms with Crippen LogP contribution in [0.5, 0.6) is 0 Å². The number of carbonyl (C=O) groups excluding carboxylic acids is 2. The number of hydrogen-bond acceptors (Lipinski definition) is 3. The second-order valence-electron chi connectivity index (χ2n) is 7.02. The summed E-state index contributed by atoms with van der Waals surface area (Å²) in [5.74, 6) is -0.837. The summed E-state index contributed by atoms with van der Waals surface area (Å²) >= 11 is 0. The highest BCUT2D eigenvalue weighted by molar-refractivity contribution is 6.70. The Labute approximate surface area is 137 Å². The van der Waals surface area contributed by atoms with Crippen LogP contribution in [-0.4, -0.2) is 43.6 Å². The largest absolute Gasteiger partial charge is 0.405 e. The zero-order valence-corrected chi connectivity index (χ0v) is 15.2. The molecule has 1 saturated heterocycles. The van der Waals surface area contributed by atoms with Crippen molar-refractivity contribution in [2.24, 2.45) is 0 Å². The molecule has 126 valence electrons. The third-order valence-electron chi connectivity index (χ3n) is 4.05. The smallest absolute Gasteiger partial charge is 0.219 e. The van der Waals surface area contributed by atoms with E-state index in [-0.39, 0.29) is 17.3 Å². The Bertz CT molecular complexity index is 604. The summed E-state index contributed by atoms with van der Waals surface area (Å²) in [6, 6.07) is 6.02. The zero-order valence-electron chi connectivity index (χ0n) is 14.2. The van der Waals surface area contributed by atoms with Crippen molar-refractivity contribution in [2.75, 3.05) is 13.1 Å². The molecule has 23 heavy (non-hydrogen) atoms. The normalized spacial score (nSPS) is 17.9. The van der Waals surface area contributed by atoms with E-state index >= 15 is 0 Å². The fourth-order valence-corrected chi connectivity index (χ4v) is 4.50. The van der Waals surface area contributed by atoms with Crippen LogP contribution in [0.15, 0.2) is 24.3 Å². The van der Waals surface area contributed by atoms with Crippen molar-refractivity contribution in [3.8, 4) is 0 Å². The Morgan fingerprint density at radius 1 is 1.17 bits per heavy atom. The summed E-state index contributed by atoms with van der Waals surface area (Å²) in [5, 5.41) is 0. The lowest BCUT2D eigenvalue weighted by Crippen LogP contribution is -2.56. The lowest BCUT2D eigenvalue weighted by molar-refractivity contribution is -0.131. The second-order valence-corrected chi connectivity index (χ2v) is 11.5. The number of hydrogen-bond donors (Lipinski definition) is 0. The number of amides is 1. The number of likely N-dealkylation sites (tertiary alicyclic amines) is 1. The average Bonchev–Trinajstić information content (AvgIpc) is 2.46. The van der Waals surface area contributed by atoms with Crippen LogP contribution in [0.3, 0.4) is 0 Å². The Kier molecular flexibility index (Phi) is 5.06. The van der Waals surface area contributed by atoms with Crippen LogP contribution >= 0.6 is 0 Å². The standard InChI is InChI=1S/C17H24FNO3Si/c1-13(20)19-11-9-17(10-12-19,22-23(2,3)4)16(21)14-7-5-6-8-15(14)18/h5-8H,9-12H2,1-4H3. The van der Waals surface area contributed by atoms with Crippen LogP contribution in [0.1, 0.15) is 30.1 Å². The van der Waals surface area contributed by atoms with Gasteiger partial charge in [0.25, 0.3) is 0 Å². The Morgan fingerprint density at radius 2 is 1.74 bits per heavy atom. The molecule has 0 atom stereocenters. The summed E-state index contributed by atoms with van der Waals surface area (Å²) in [6.07, 6.45) is 0.814. The quantitative estimate of drug-likeness (QED) is 0.626. The molecule has 0 aliphatic carbocycles. The van der Waals surface area contributed by atoms with Crippen molar-refractivity contribution < 1.29 is 18.4 Å². The third-order valence-corrected chi connectivity index (χ3v) is 5.05. The summed E-state index contributed by atoms with van der Waals surface area (Å²) in [5.41, 5.74) is -0.958. The van der Waals surface area contributed by atoms with E-state index in [2.05, 4.69) is 0 Å². The van der Waals surface area contributed by atoms with Crippen LogP contribution in [0.25, 0.3) is 0 Å². The first-order valence-electron chi connectivity index (χ1n) is 7.90. The Hall–Kier alpha value is -1.53. The van der Waals surface area contributed by atoms with Gasteiger partial charge in [0, 0.05) is 32.9 Å². The summed E-state index contributed by atoms with van der Waals surface area (Å²) in [4.78, 5) is 26.3. The van der Waals surface area contributed by atoms with E-state index in [1.807, 2.05) is 19.6 Å². The Morgan fingerprint density at radius 3 is 2.22 bits per heavy atom. The maximum absolute atomic E-state index is 14.1. The fraction of sp³-hybridized carbons (Fsp3) is 0.529. The molecule has 1 heterocycles. The van der Waals surface area contributed by atoms with E-state index in [1.165, 1.54) is 19.1 Å². The van der Waals surface area contributed by atoms with E-state index in [1.54, 1.807) is 17.0 Å². The summed E-state index contributed by atoms with van der Waals surface area (Å²) in [6.45, 7) is 8.48. The number of ketones is 1. The molecule has 0 N–H and O–H groups in total. The Balaban J connectivity index is 2.34. The number of piperidine rings is 1. The molecule has 1 fully saturated rings. The van der Waals surface area contributed by atoms with Crippen molar-refractivity contribution in [1.29, 1.82) is 0 Å². The molecule has 1 aliphatic rings. The highest BCUT2D eigenvalue weighted by Gasteiger charge is 2.46. The van der Waals surface area contributed by atoms with Gasteiger partial charge in [-0.2, -0.15) is 0 Å². The van der Waals surface area contributed by atoms with E-state index in [0.717, 1.165) is 0 Å². The number of Topliss-reactive ketones (excluding diaryl/α,β-unsaturated/α-hetero) is 1. The second kappa shape index (κ2) is 6.53. The van der Waals surface area contributed by atoms with Gasteiger partial charge in [-0.15, -0.1) is 0 Å². The third kappa shape index (κ3) is 4.06. The minimum absolute atomic E-state index is 0.00931. The lowest BCUT2D eigenvalue weighted by Gasteiger charge is -2.43. The molecule has 0 bridgehead atoms. The molecule has 0 unspecified atom stereocenters. The monoisotopic (exact) mass is 337 g/mol. The molecule has 6 heteroatoms. The predicted octanol–water partition coefficient (Wildman–Crippen LogP) is 3.24. The minimum Gasteiger partial charge on any atom is -0.405 e. The van der Waals surface area contributed by atoms with Crippen LogP contribution in [-0.2, 0) is 9.22 Å². The zero-order chi connectivity index (χ0) is 17.3. The van der Waals surface area contributed by atoms with Gasteiger partial charge in [0.2, 0.25) is 5.91 Å². The molecule has 0 spiro atoms. The molecule has 0 saturated carbocycles. The average molecular weight is 337 g/mol. The van der Waals surface area contributed by atoms with Gasteiger partial charge in [0.05, 0.1) is 5.56 Å². The van der Waals surface area contributed by atoms with Gasteiger partial charge in [0.15, 0.2) is 14.1 Å². The van der Waals surface area contributed by atoms with Crippen LogP contribution in [0.4, 0.5) is 4.39 Å². The van der Waals surface area contributed by atoms with E-state index < -0.39 is 19.7 Å². The van der Waals surface area contributed by atoms with Crippen LogP contribution < -0.4 is 0 Å². The predicted molar refractivity (Wildman–Crippen MR) is 89.4 cm³/mol. The van der Waals surface area contributed by atoms with Gasteiger partial charge in [-0.3, -0.25) is 9.59 Å². The van der Waals surface area contributed by atoms with Gasteiger partial charge in [0.1, 0.15) is 11.4 Å².